The van der Waals surface area contributed by atoms with Crippen molar-refractivity contribution in [2.75, 3.05) is 6.54 Å². The Balaban J connectivity index is 0.00000176. The van der Waals surface area contributed by atoms with E-state index in [1.54, 1.807) is 12.1 Å². The lowest BCUT2D eigenvalue weighted by Crippen LogP contribution is -2.54. The summed E-state index contributed by atoms with van der Waals surface area (Å²) in [7, 11) is 0. The van der Waals surface area contributed by atoms with Gasteiger partial charge < -0.3 is 15.7 Å². The maximum Gasteiger partial charge on any atom is 0.227 e. The molecule has 0 saturated heterocycles. The first kappa shape index (κ1) is 17.1. The minimum Gasteiger partial charge on any atom is -0.508 e. The topological polar surface area (TPSA) is 66.6 Å². The number of hydrogen-bond acceptors (Lipinski definition) is 3. The van der Waals surface area contributed by atoms with E-state index in [0.717, 1.165) is 44.2 Å². The highest BCUT2D eigenvalue weighted by Crippen LogP contribution is 2.34. The summed E-state index contributed by atoms with van der Waals surface area (Å²) in [6.07, 6.45) is 4.89. The fourth-order valence-corrected chi connectivity index (χ4v) is 3.72. The smallest absolute Gasteiger partial charge is 0.227 e. The largest absolute Gasteiger partial charge is 0.508 e. The molecule has 1 fully saturated rings. The van der Waals surface area contributed by atoms with Crippen LogP contribution in [0.4, 0.5) is 0 Å². The molecule has 0 radical (unpaired) electrons. The van der Waals surface area contributed by atoms with E-state index in [0.29, 0.717) is 6.54 Å². The van der Waals surface area contributed by atoms with E-state index in [2.05, 4.69) is 0 Å². The third-order valence-corrected chi connectivity index (χ3v) is 5.07. The van der Waals surface area contributed by atoms with Crippen molar-refractivity contribution >= 4 is 18.3 Å². The van der Waals surface area contributed by atoms with Crippen molar-refractivity contribution < 1.29 is 9.90 Å². The molecule has 1 heterocycles. The lowest BCUT2D eigenvalue weighted by atomic mass is 9.73. The van der Waals surface area contributed by atoms with Crippen LogP contribution in [0.25, 0.3) is 0 Å². The maximum absolute atomic E-state index is 12.8. The van der Waals surface area contributed by atoms with Gasteiger partial charge in [0, 0.05) is 18.6 Å². The number of fused-ring (bicyclic) bond motifs is 1. The van der Waals surface area contributed by atoms with Gasteiger partial charge in [-0.3, -0.25) is 4.79 Å². The van der Waals surface area contributed by atoms with Crippen LogP contribution < -0.4 is 5.73 Å². The van der Waals surface area contributed by atoms with Crippen molar-refractivity contribution in [1.82, 2.24) is 4.90 Å². The van der Waals surface area contributed by atoms with Crippen molar-refractivity contribution in [1.29, 1.82) is 0 Å². The number of phenolic OH excluding ortho intramolecular Hbond substituents is 1. The number of benzene rings is 1. The predicted octanol–water partition coefficient (Wildman–Crippen LogP) is 2.61. The molecule has 4 nitrogen and oxygen atoms in total. The number of amides is 1. The number of carbonyl (C=O) groups excluding carboxylic acids is 1. The molecule has 122 valence electrons. The van der Waals surface area contributed by atoms with Gasteiger partial charge in [-0.25, -0.2) is 0 Å². The number of nitrogens with two attached hydrogens (primary N) is 1. The lowest BCUT2D eigenvalue weighted by Gasteiger charge is -2.41. The first-order valence-electron chi connectivity index (χ1n) is 7.86. The van der Waals surface area contributed by atoms with Gasteiger partial charge in [0.25, 0.3) is 0 Å². The third-order valence-electron chi connectivity index (χ3n) is 5.07. The second kappa shape index (κ2) is 6.47. The van der Waals surface area contributed by atoms with E-state index >= 15 is 0 Å². The summed E-state index contributed by atoms with van der Waals surface area (Å²) in [5, 5.41) is 9.62. The summed E-state index contributed by atoms with van der Waals surface area (Å²) < 4.78 is 0. The maximum atomic E-state index is 12.8. The van der Waals surface area contributed by atoms with Crippen molar-refractivity contribution in [3.8, 4) is 5.75 Å². The van der Waals surface area contributed by atoms with Gasteiger partial charge in [0.1, 0.15) is 5.75 Å². The average molecular weight is 325 g/mol. The Morgan fingerprint density at radius 3 is 2.86 bits per heavy atom. The summed E-state index contributed by atoms with van der Waals surface area (Å²) in [6, 6.07) is 5.45. The molecule has 1 aromatic rings. The van der Waals surface area contributed by atoms with Crippen LogP contribution in [0, 0.1) is 5.92 Å². The number of carbonyl (C=O) groups is 1. The van der Waals surface area contributed by atoms with Gasteiger partial charge in [0.05, 0.1) is 5.92 Å². The van der Waals surface area contributed by atoms with Gasteiger partial charge >= 0.3 is 0 Å². The summed E-state index contributed by atoms with van der Waals surface area (Å²) in [5.74, 6) is 0.392. The van der Waals surface area contributed by atoms with Crippen molar-refractivity contribution in [3.63, 3.8) is 0 Å². The van der Waals surface area contributed by atoms with Crippen LogP contribution in [0.3, 0.4) is 0 Å². The zero-order chi connectivity index (χ0) is 15.0. The zero-order valence-corrected chi connectivity index (χ0v) is 13.9. The van der Waals surface area contributed by atoms with E-state index in [-0.39, 0.29) is 35.5 Å². The molecule has 5 heteroatoms. The summed E-state index contributed by atoms with van der Waals surface area (Å²) >= 11 is 0. The van der Waals surface area contributed by atoms with Gasteiger partial charge in [-0.1, -0.05) is 18.9 Å². The second-order valence-electron chi connectivity index (χ2n) is 6.77. The minimum atomic E-state index is -0.381. The van der Waals surface area contributed by atoms with E-state index in [1.807, 2.05) is 17.9 Å². The predicted molar refractivity (Wildman–Crippen MR) is 89.0 cm³/mol. The summed E-state index contributed by atoms with van der Waals surface area (Å²) in [6.45, 7) is 3.36. The molecule has 1 aromatic carbocycles. The van der Waals surface area contributed by atoms with Crippen LogP contribution in [0.1, 0.15) is 43.7 Å². The van der Waals surface area contributed by atoms with Crippen LogP contribution in [0.5, 0.6) is 5.75 Å². The summed E-state index contributed by atoms with van der Waals surface area (Å²) in [5.41, 5.74) is 8.27. The molecule has 2 aliphatic rings. The molecule has 3 rings (SSSR count). The van der Waals surface area contributed by atoms with Crippen molar-refractivity contribution in [2.45, 2.75) is 51.1 Å². The molecule has 22 heavy (non-hydrogen) atoms. The molecule has 1 amide bonds. The Labute approximate surface area is 138 Å². The number of phenols is 1. The van der Waals surface area contributed by atoms with E-state index < -0.39 is 0 Å². The van der Waals surface area contributed by atoms with Crippen molar-refractivity contribution in [3.05, 3.63) is 29.3 Å². The van der Waals surface area contributed by atoms with Crippen LogP contribution in [-0.4, -0.2) is 28.0 Å². The standard InChI is InChI=1S/C17H24N2O2.ClH/c1-17(18)8-3-2-4-15(17)16(21)19-9-7-12-5-6-14(20)10-13(12)11-19;/h5-6,10,15,20H,2-4,7-9,11,18H2,1H3;1H. The zero-order valence-electron chi connectivity index (χ0n) is 13.0. The molecule has 1 aliphatic carbocycles. The molecule has 2 unspecified atom stereocenters. The van der Waals surface area contributed by atoms with Gasteiger partial charge in [-0.15, -0.1) is 12.4 Å². The number of rotatable bonds is 1. The Morgan fingerprint density at radius 1 is 1.36 bits per heavy atom. The van der Waals surface area contributed by atoms with E-state index in [4.69, 9.17) is 5.73 Å². The van der Waals surface area contributed by atoms with Gasteiger partial charge in [0.2, 0.25) is 5.91 Å². The molecule has 1 saturated carbocycles. The monoisotopic (exact) mass is 324 g/mol. The number of nitrogens with zero attached hydrogens (tertiary/aromatic N) is 1. The quantitative estimate of drug-likeness (QED) is 0.834. The Hall–Kier alpha value is -1.26. The molecular formula is C17H25ClN2O2. The molecule has 3 N–H and O–H groups in total. The SMILES string of the molecule is CC1(N)CCCCC1C(=O)N1CCc2ccc(O)cc2C1.Cl. The van der Waals surface area contributed by atoms with Crippen LogP contribution in [0.2, 0.25) is 0 Å². The summed E-state index contributed by atoms with van der Waals surface area (Å²) in [4.78, 5) is 14.8. The Morgan fingerprint density at radius 2 is 2.14 bits per heavy atom. The van der Waals surface area contributed by atoms with Crippen molar-refractivity contribution in [2.24, 2.45) is 11.7 Å². The normalized spacial score (nSPS) is 27.7. The van der Waals surface area contributed by atoms with Gasteiger partial charge in [0.15, 0.2) is 0 Å². The fraction of sp³-hybridized carbons (Fsp3) is 0.588. The minimum absolute atomic E-state index is 0. The molecule has 0 spiro atoms. The van der Waals surface area contributed by atoms with Gasteiger partial charge in [-0.2, -0.15) is 0 Å². The van der Waals surface area contributed by atoms with Crippen LogP contribution in [0.15, 0.2) is 18.2 Å². The highest BCUT2D eigenvalue weighted by atomic mass is 35.5. The average Bonchev–Trinajstić information content (AvgIpc) is 2.45. The van der Waals surface area contributed by atoms with Gasteiger partial charge in [-0.05, 0) is 49.4 Å². The fourth-order valence-electron chi connectivity index (χ4n) is 3.72. The Bertz CT molecular complexity index is 560. The molecular weight excluding hydrogens is 300 g/mol. The van der Waals surface area contributed by atoms with E-state index in [9.17, 15) is 9.90 Å². The highest BCUT2D eigenvalue weighted by molar-refractivity contribution is 5.85. The molecule has 0 bridgehead atoms. The number of hydrogen-bond donors (Lipinski definition) is 2. The molecule has 0 aromatic heterocycles. The highest BCUT2D eigenvalue weighted by Gasteiger charge is 2.40. The number of aromatic hydroxyl groups is 1. The number of halogens is 1. The first-order chi connectivity index (χ1) is 9.97. The van der Waals surface area contributed by atoms with E-state index in [1.165, 1.54) is 5.56 Å². The second-order valence-corrected chi connectivity index (χ2v) is 6.77. The lowest BCUT2D eigenvalue weighted by molar-refractivity contribution is -0.139. The van der Waals surface area contributed by atoms with Crippen LogP contribution >= 0.6 is 12.4 Å². The molecule has 2 atom stereocenters. The van der Waals surface area contributed by atoms with Crippen LogP contribution in [-0.2, 0) is 17.8 Å². The first-order valence-corrected chi connectivity index (χ1v) is 7.86. The Kier molecular flexibility index (Phi) is 5.03. The third kappa shape index (κ3) is 3.23. The molecule has 1 aliphatic heterocycles.